The summed E-state index contributed by atoms with van der Waals surface area (Å²) in [4.78, 5) is 0.0993. The monoisotopic (exact) mass is 327 g/mol. The SMILES string of the molecule is NCc1ccc(-c2cccn2-c2ccc(S(N)(=O)=O)cc2)cc1. The molecule has 0 aliphatic carbocycles. The number of primary sulfonamides is 1. The van der Waals surface area contributed by atoms with Crippen molar-refractivity contribution in [3.63, 3.8) is 0 Å². The van der Waals surface area contributed by atoms with E-state index in [1.54, 1.807) is 12.1 Å². The molecule has 2 aromatic carbocycles. The van der Waals surface area contributed by atoms with E-state index in [1.807, 2.05) is 47.2 Å². The van der Waals surface area contributed by atoms with Crippen molar-refractivity contribution in [2.24, 2.45) is 10.9 Å². The van der Waals surface area contributed by atoms with Crippen molar-refractivity contribution in [3.8, 4) is 16.9 Å². The molecule has 4 N–H and O–H groups in total. The lowest BCUT2D eigenvalue weighted by molar-refractivity contribution is 0.598. The lowest BCUT2D eigenvalue weighted by atomic mass is 10.1. The molecule has 0 spiro atoms. The van der Waals surface area contributed by atoms with Gasteiger partial charge in [-0.05, 0) is 47.5 Å². The quantitative estimate of drug-likeness (QED) is 0.770. The van der Waals surface area contributed by atoms with Gasteiger partial charge in [0.15, 0.2) is 0 Å². The van der Waals surface area contributed by atoms with Crippen LogP contribution < -0.4 is 10.9 Å². The highest BCUT2D eigenvalue weighted by molar-refractivity contribution is 7.89. The average Bonchev–Trinajstić information content (AvgIpc) is 3.04. The third kappa shape index (κ3) is 3.19. The Bertz CT molecular complexity index is 911. The van der Waals surface area contributed by atoms with Crippen LogP contribution >= 0.6 is 0 Å². The van der Waals surface area contributed by atoms with Gasteiger partial charge in [-0.15, -0.1) is 0 Å². The Morgan fingerprint density at radius 2 is 1.57 bits per heavy atom. The van der Waals surface area contributed by atoms with Crippen molar-refractivity contribution >= 4 is 10.0 Å². The topological polar surface area (TPSA) is 91.1 Å². The molecule has 118 valence electrons. The Labute approximate surface area is 135 Å². The fourth-order valence-corrected chi connectivity index (χ4v) is 2.96. The molecule has 6 heteroatoms. The van der Waals surface area contributed by atoms with Crippen LogP contribution in [0, 0.1) is 0 Å². The number of nitrogens with zero attached hydrogens (tertiary/aromatic N) is 1. The van der Waals surface area contributed by atoms with Gasteiger partial charge in [0.1, 0.15) is 0 Å². The molecule has 0 radical (unpaired) electrons. The summed E-state index contributed by atoms with van der Waals surface area (Å²) in [5.74, 6) is 0. The lowest BCUT2D eigenvalue weighted by Crippen LogP contribution is -2.12. The van der Waals surface area contributed by atoms with Gasteiger partial charge < -0.3 is 10.3 Å². The molecule has 0 fully saturated rings. The zero-order chi connectivity index (χ0) is 16.4. The summed E-state index contributed by atoms with van der Waals surface area (Å²) >= 11 is 0. The summed E-state index contributed by atoms with van der Waals surface area (Å²) in [5.41, 5.74) is 9.63. The molecule has 0 aliphatic heterocycles. The van der Waals surface area contributed by atoms with E-state index >= 15 is 0 Å². The van der Waals surface area contributed by atoms with E-state index in [4.69, 9.17) is 10.9 Å². The molecule has 3 rings (SSSR count). The molecular formula is C17H17N3O2S. The first-order valence-electron chi connectivity index (χ1n) is 7.09. The molecular weight excluding hydrogens is 310 g/mol. The molecule has 0 amide bonds. The molecule has 1 aromatic heterocycles. The third-order valence-electron chi connectivity index (χ3n) is 3.68. The standard InChI is InChI=1S/C17H17N3O2S/c18-12-13-3-5-14(6-4-13)17-2-1-11-20(17)15-7-9-16(10-8-15)23(19,21)22/h1-11H,12,18H2,(H2,19,21,22). The Morgan fingerprint density at radius 1 is 0.913 bits per heavy atom. The predicted molar refractivity (Wildman–Crippen MR) is 90.5 cm³/mol. The van der Waals surface area contributed by atoms with Crippen molar-refractivity contribution in [1.29, 1.82) is 0 Å². The average molecular weight is 327 g/mol. The molecule has 23 heavy (non-hydrogen) atoms. The summed E-state index contributed by atoms with van der Waals surface area (Å²) < 4.78 is 24.7. The van der Waals surface area contributed by atoms with Crippen LogP contribution in [-0.4, -0.2) is 13.0 Å². The predicted octanol–water partition coefficient (Wildman–Crippen LogP) is 2.25. The van der Waals surface area contributed by atoms with Crippen LogP contribution in [0.4, 0.5) is 0 Å². The maximum atomic E-state index is 11.3. The first-order valence-corrected chi connectivity index (χ1v) is 8.63. The van der Waals surface area contributed by atoms with Gasteiger partial charge in [0, 0.05) is 18.4 Å². The molecule has 0 aliphatic rings. The second-order valence-electron chi connectivity index (χ2n) is 5.20. The number of hydrogen-bond donors (Lipinski definition) is 2. The van der Waals surface area contributed by atoms with Gasteiger partial charge in [0.05, 0.1) is 10.6 Å². The number of aromatic nitrogens is 1. The summed E-state index contributed by atoms with van der Waals surface area (Å²) in [6, 6.07) is 18.5. The van der Waals surface area contributed by atoms with Gasteiger partial charge in [-0.1, -0.05) is 24.3 Å². The molecule has 1 heterocycles. The fourth-order valence-electron chi connectivity index (χ4n) is 2.45. The molecule has 0 bridgehead atoms. The van der Waals surface area contributed by atoms with Crippen LogP contribution in [0.2, 0.25) is 0 Å². The minimum absolute atomic E-state index is 0.0993. The molecule has 0 unspecified atom stereocenters. The molecule has 0 saturated carbocycles. The van der Waals surface area contributed by atoms with Crippen molar-refractivity contribution < 1.29 is 8.42 Å². The highest BCUT2D eigenvalue weighted by atomic mass is 32.2. The van der Waals surface area contributed by atoms with Crippen LogP contribution in [0.5, 0.6) is 0 Å². The molecule has 0 saturated heterocycles. The second-order valence-corrected chi connectivity index (χ2v) is 6.76. The first-order chi connectivity index (χ1) is 11.0. The summed E-state index contributed by atoms with van der Waals surface area (Å²) in [6.07, 6.45) is 1.93. The number of rotatable bonds is 4. The van der Waals surface area contributed by atoms with Crippen LogP contribution in [-0.2, 0) is 16.6 Å². The zero-order valence-electron chi connectivity index (χ0n) is 12.4. The lowest BCUT2D eigenvalue weighted by Gasteiger charge is -2.10. The Balaban J connectivity index is 2.00. The van der Waals surface area contributed by atoms with E-state index in [0.29, 0.717) is 6.54 Å². The van der Waals surface area contributed by atoms with E-state index in [-0.39, 0.29) is 4.90 Å². The van der Waals surface area contributed by atoms with Gasteiger partial charge in [-0.2, -0.15) is 0 Å². The molecule has 3 aromatic rings. The second kappa shape index (κ2) is 6.00. The van der Waals surface area contributed by atoms with Gasteiger partial charge in [-0.3, -0.25) is 0 Å². The zero-order valence-corrected chi connectivity index (χ0v) is 13.2. The number of sulfonamides is 1. The maximum Gasteiger partial charge on any atom is 0.238 e. The minimum Gasteiger partial charge on any atom is -0.326 e. The summed E-state index contributed by atoms with van der Waals surface area (Å²) in [5, 5.41) is 5.13. The normalized spacial score (nSPS) is 11.6. The van der Waals surface area contributed by atoms with Gasteiger partial charge in [-0.25, -0.2) is 13.6 Å². The number of hydrogen-bond acceptors (Lipinski definition) is 3. The molecule has 0 atom stereocenters. The Kier molecular flexibility index (Phi) is 4.04. The van der Waals surface area contributed by atoms with E-state index < -0.39 is 10.0 Å². The van der Waals surface area contributed by atoms with Crippen LogP contribution in [0.25, 0.3) is 16.9 Å². The molecule has 5 nitrogen and oxygen atoms in total. The van der Waals surface area contributed by atoms with Crippen molar-refractivity contribution in [3.05, 3.63) is 72.4 Å². The van der Waals surface area contributed by atoms with Crippen LogP contribution in [0.3, 0.4) is 0 Å². The van der Waals surface area contributed by atoms with E-state index in [2.05, 4.69) is 0 Å². The van der Waals surface area contributed by atoms with Gasteiger partial charge in [0.25, 0.3) is 0 Å². The Morgan fingerprint density at radius 3 is 2.13 bits per heavy atom. The van der Waals surface area contributed by atoms with Crippen LogP contribution in [0.15, 0.2) is 71.8 Å². The maximum absolute atomic E-state index is 11.3. The van der Waals surface area contributed by atoms with Gasteiger partial charge >= 0.3 is 0 Å². The van der Waals surface area contributed by atoms with Crippen molar-refractivity contribution in [2.75, 3.05) is 0 Å². The highest BCUT2D eigenvalue weighted by Crippen LogP contribution is 2.24. The number of nitrogens with two attached hydrogens (primary N) is 2. The summed E-state index contributed by atoms with van der Waals surface area (Å²) in [7, 11) is -3.68. The third-order valence-corrected chi connectivity index (χ3v) is 4.61. The number of benzene rings is 2. The van der Waals surface area contributed by atoms with E-state index in [9.17, 15) is 8.42 Å². The Hall–Kier alpha value is -2.41. The highest BCUT2D eigenvalue weighted by Gasteiger charge is 2.09. The summed E-state index contributed by atoms with van der Waals surface area (Å²) in [6.45, 7) is 0.510. The van der Waals surface area contributed by atoms with Crippen molar-refractivity contribution in [1.82, 2.24) is 4.57 Å². The minimum atomic E-state index is -3.68. The smallest absolute Gasteiger partial charge is 0.238 e. The van der Waals surface area contributed by atoms with E-state index in [1.165, 1.54) is 12.1 Å². The fraction of sp³-hybridized carbons (Fsp3) is 0.0588. The van der Waals surface area contributed by atoms with Gasteiger partial charge in [0.2, 0.25) is 10.0 Å². The van der Waals surface area contributed by atoms with Crippen LogP contribution in [0.1, 0.15) is 5.56 Å². The first kappa shape index (κ1) is 15.5. The van der Waals surface area contributed by atoms with Crippen molar-refractivity contribution in [2.45, 2.75) is 11.4 Å². The van der Waals surface area contributed by atoms with E-state index in [0.717, 1.165) is 22.5 Å². The largest absolute Gasteiger partial charge is 0.326 e.